The standard InChI is InChI=1S/C38H33NO3/c1-4-41-37(40)39-29-17-15-28(16-18-29)38(27-11-6-5-7-12-27)21-20-32-34-23-25(3)24(2)22-33(34)31-19-14-26-10-8-9-13-30(26)35(31)36(32)42-38/h5-13,15-18,20-23H,4,14,19H2,1-3H3,(H,39,40). The third-order valence-corrected chi connectivity index (χ3v) is 8.74. The SMILES string of the molecule is CCOC(=O)Nc1ccc(C2(c3ccccc3)C=Cc3c(c4c(c5cc(C)c(C)cc35)CCc3ccccc3-4)O2)cc1. The fourth-order valence-corrected chi connectivity index (χ4v) is 6.52. The molecular formula is C38H33NO3. The average Bonchev–Trinajstić information content (AvgIpc) is 3.02. The van der Waals surface area contributed by atoms with E-state index in [2.05, 4.69) is 92.0 Å². The summed E-state index contributed by atoms with van der Waals surface area (Å²) in [6.45, 7) is 6.49. The molecule has 0 radical (unpaired) electrons. The van der Waals surface area contributed by atoms with Crippen molar-refractivity contribution in [3.8, 4) is 16.9 Å². The second-order valence-corrected chi connectivity index (χ2v) is 11.2. The van der Waals surface area contributed by atoms with E-state index in [4.69, 9.17) is 9.47 Å². The maximum absolute atomic E-state index is 12.0. The predicted octanol–water partition coefficient (Wildman–Crippen LogP) is 9.14. The molecule has 0 saturated heterocycles. The van der Waals surface area contributed by atoms with Crippen molar-refractivity contribution in [2.75, 3.05) is 11.9 Å². The van der Waals surface area contributed by atoms with Gasteiger partial charge in [0.15, 0.2) is 5.60 Å². The first-order valence-electron chi connectivity index (χ1n) is 14.6. The number of hydrogen-bond acceptors (Lipinski definition) is 3. The predicted molar refractivity (Wildman–Crippen MR) is 170 cm³/mol. The van der Waals surface area contributed by atoms with Gasteiger partial charge in [-0.1, -0.05) is 78.9 Å². The molecule has 7 rings (SSSR count). The van der Waals surface area contributed by atoms with Gasteiger partial charge < -0.3 is 9.47 Å². The van der Waals surface area contributed by atoms with E-state index in [0.717, 1.165) is 35.3 Å². The first-order chi connectivity index (χ1) is 20.5. The van der Waals surface area contributed by atoms with Crippen LogP contribution in [0.3, 0.4) is 0 Å². The van der Waals surface area contributed by atoms with Crippen LogP contribution >= 0.6 is 0 Å². The van der Waals surface area contributed by atoms with E-state index in [1.54, 1.807) is 6.92 Å². The van der Waals surface area contributed by atoms with Crippen LogP contribution in [0, 0.1) is 13.8 Å². The van der Waals surface area contributed by atoms with Gasteiger partial charge in [0.2, 0.25) is 0 Å². The highest BCUT2D eigenvalue weighted by molar-refractivity contribution is 6.04. The summed E-state index contributed by atoms with van der Waals surface area (Å²) in [6, 6.07) is 31.7. The van der Waals surface area contributed by atoms with Crippen LogP contribution in [-0.2, 0) is 23.2 Å². The van der Waals surface area contributed by atoms with Crippen LogP contribution in [-0.4, -0.2) is 12.7 Å². The molecule has 1 atom stereocenters. The quantitative estimate of drug-likeness (QED) is 0.242. The topological polar surface area (TPSA) is 47.6 Å². The molecule has 1 aliphatic carbocycles. The molecule has 1 unspecified atom stereocenters. The third kappa shape index (κ3) is 4.18. The molecule has 208 valence electrons. The molecule has 1 amide bonds. The summed E-state index contributed by atoms with van der Waals surface area (Å²) in [5, 5.41) is 5.35. The zero-order chi connectivity index (χ0) is 28.8. The van der Waals surface area contributed by atoms with Crippen molar-refractivity contribution in [1.29, 1.82) is 0 Å². The lowest BCUT2D eigenvalue weighted by Gasteiger charge is -2.39. The summed E-state index contributed by atoms with van der Waals surface area (Å²) in [4.78, 5) is 12.0. The van der Waals surface area contributed by atoms with E-state index in [-0.39, 0.29) is 0 Å². The van der Waals surface area contributed by atoms with Gasteiger partial charge in [0, 0.05) is 27.9 Å². The van der Waals surface area contributed by atoms with Crippen molar-refractivity contribution in [2.45, 2.75) is 39.2 Å². The van der Waals surface area contributed by atoms with Crippen molar-refractivity contribution in [3.63, 3.8) is 0 Å². The van der Waals surface area contributed by atoms with Gasteiger partial charge in [-0.3, -0.25) is 5.32 Å². The molecule has 0 bridgehead atoms. The molecule has 0 fully saturated rings. The van der Waals surface area contributed by atoms with Gasteiger partial charge in [0.25, 0.3) is 0 Å². The molecule has 0 spiro atoms. The molecule has 0 saturated carbocycles. The average molecular weight is 552 g/mol. The zero-order valence-corrected chi connectivity index (χ0v) is 24.2. The minimum absolute atomic E-state index is 0.320. The van der Waals surface area contributed by atoms with Gasteiger partial charge >= 0.3 is 6.09 Å². The lowest BCUT2D eigenvalue weighted by atomic mass is 9.77. The lowest BCUT2D eigenvalue weighted by molar-refractivity contribution is 0.162. The first-order valence-corrected chi connectivity index (χ1v) is 14.6. The van der Waals surface area contributed by atoms with Gasteiger partial charge in [-0.25, -0.2) is 4.79 Å². The van der Waals surface area contributed by atoms with Crippen molar-refractivity contribution in [1.82, 2.24) is 0 Å². The fraction of sp³-hybridized carbons (Fsp3) is 0.184. The minimum atomic E-state index is -0.857. The summed E-state index contributed by atoms with van der Waals surface area (Å²) >= 11 is 0. The lowest BCUT2D eigenvalue weighted by Crippen LogP contribution is -2.35. The van der Waals surface area contributed by atoms with Crippen molar-refractivity contribution < 1.29 is 14.3 Å². The Hall–Kier alpha value is -4.83. The summed E-state index contributed by atoms with van der Waals surface area (Å²) in [7, 11) is 0. The molecule has 2 aliphatic rings. The van der Waals surface area contributed by atoms with Gasteiger partial charge in [0.05, 0.1) is 6.61 Å². The van der Waals surface area contributed by atoms with Crippen LogP contribution in [0.15, 0.2) is 97.1 Å². The number of amides is 1. The molecule has 5 aromatic carbocycles. The largest absolute Gasteiger partial charge is 0.472 e. The third-order valence-electron chi connectivity index (χ3n) is 8.74. The van der Waals surface area contributed by atoms with Crippen LogP contribution in [0.2, 0.25) is 0 Å². The number of ether oxygens (including phenoxy) is 2. The molecule has 0 aromatic heterocycles. The van der Waals surface area contributed by atoms with Gasteiger partial charge in [-0.2, -0.15) is 0 Å². The van der Waals surface area contributed by atoms with Crippen LogP contribution < -0.4 is 10.1 Å². The van der Waals surface area contributed by atoms with Crippen LogP contribution in [0.5, 0.6) is 5.75 Å². The Bertz CT molecular complexity index is 1870. The molecule has 5 aromatic rings. The van der Waals surface area contributed by atoms with Gasteiger partial charge in [-0.15, -0.1) is 0 Å². The number of anilines is 1. The Kier molecular flexibility index (Phi) is 6.35. The number of carbonyl (C=O) groups is 1. The van der Waals surface area contributed by atoms with E-state index in [9.17, 15) is 4.79 Å². The Morgan fingerprint density at radius 2 is 1.55 bits per heavy atom. The molecule has 4 nitrogen and oxygen atoms in total. The first kappa shape index (κ1) is 26.1. The number of hydrogen-bond donors (Lipinski definition) is 1. The smallest absolute Gasteiger partial charge is 0.411 e. The number of benzene rings is 5. The highest BCUT2D eigenvalue weighted by Gasteiger charge is 2.40. The Morgan fingerprint density at radius 3 is 2.31 bits per heavy atom. The van der Waals surface area contributed by atoms with Crippen LogP contribution in [0.25, 0.3) is 28.0 Å². The summed E-state index contributed by atoms with van der Waals surface area (Å²) < 4.78 is 12.5. The molecule has 1 N–H and O–H groups in total. The number of fused-ring (bicyclic) bond motifs is 8. The highest BCUT2D eigenvalue weighted by atomic mass is 16.5. The molecule has 42 heavy (non-hydrogen) atoms. The van der Waals surface area contributed by atoms with Crippen molar-refractivity contribution in [2.24, 2.45) is 0 Å². The van der Waals surface area contributed by atoms with E-state index < -0.39 is 11.7 Å². The van der Waals surface area contributed by atoms with E-state index in [1.165, 1.54) is 44.2 Å². The summed E-state index contributed by atoms with van der Waals surface area (Å²) in [5.74, 6) is 0.924. The van der Waals surface area contributed by atoms with Crippen LogP contribution in [0.4, 0.5) is 10.5 Å². The number of rotatable bonds is 4. The summed E-state index contributed by atoms with van der Waals surface area (Å²) in [6.07, 6.45) is 5.96. The van der Waals surface area contributed by atoms with Gasteiger partial charge in [0.1, 0.15) is 5.75 Å². The Labute approximate surface area is 246 Å². The van der Waals surface area contributed by atoms with Gasteiger partial charge in [-0.05, 0) is 96.5 Å². The monoisotopic (exact) mass is 551 g/mol. The fourth-order valence-electron chi connectivity index (χ4n) is 6.52. The Balaban J connectivity index is 1.46. The normalized spacial score (nSPS) is 16.6. The second kappa shape index (κ2) is 10.2. The van der Waals surface area contributed by atoms with E-state index in [1.807, 2.05) is 30.3 Å². The maximum Gasteiger partial charge on any atom is 0.411 e. The minimum Gasteiger partial charge on any atom is -0.472 e. The van der Waals surface area contributed by atoms with Crippen LogP contribution in [0.1, 0.15) is 45.9 Å². The van der Waals surface area contributed by atoms with Crippen molar-refractivity contribution >= 4 is 28.6 Å². The zero-order valence-electron chi connectivity index (χ0n) is 24.2. The van der Waals surface area contributed by atoms with E-state index >= 15 is 0 Å². The number of carbonyl (C=O) groups excluding carboxylic acids is 1. The molecule has 4 heteroatoms. The maximum atomic E-state index is 12.0. The van der Waals surface area contributed by atoms with E-state index in [0.29, 0.717) is 12.3 Å². The number of aryl methyl sites for hydroxylation is 4. The number of nitrogens with one attached hydrogen (secondary N) is 1. The highest BCUT2D eigenvalue weighted by Crippen LogP contribution is 2.52. The molecule has 1 aliphatic heterocycles. The Morgan fingerprint density at radius 1 is 0.857 bits per heavy atom. The molecule has 1 heterocycles. The molecular weight excluding hydrogens is 518 g/mol. The summed E-state index contributed by atoms with van der Waals surface area (Å²) in [5.41, 5.74) is 10.7. The second-order valence-electron chi connectivity index (χ2n) is 11.2. The van der Waals surface area contributed by atoms with Crippen molar-refractivity contribution in [3.05, 3.63) is 136 Å².